The Bertz CT molecular complexity index is 455. The third-order valence-electron chi connectivity index (χ3n) is 4.27. The van der Waals surface area contributed by atoms with Crippen LogP contribution in [0, 0.1) is 17.8 Å². The van der Waals surface area contributed by atoms with Gasteiger partial charge < -0.3 is 5.11 Å². The highest BCUT2D eigenvalue weighted by Crippen LogP contribution is 2.28. The molecule has 0 spiro atoms. The van der Waals surface area contributed by atoms with Crippen molar-refractivity contribution in [1.82, 2.24) is 9.03 Å². The van der Waals surface area contributed by atoms with Gasteiger partial charge in [-0.25, -0.2) is 0 Å². The number of rotatable bonds is 4. The Kier molecular flexibility index (Phi) is 4.71. The van der Waals surface area contributed by atoms with Crippen molar-refractivity contribution in [1.29, 1.82) is 0 Å². The molecular weight excluding hydrogens is 280 g/mol. The summed E-state index contributed by atoms with van der Waals surface area (Å²) < 4.78 is 29.0. The van der Waals surface area contributed by atoms with Crippen LogP contribution in [0.1, 0.15) is 39.5 Å². The molecule has 2 rings (SSSR count). The van der Waals surface area contributed by atoms with Crippen LogP contribution in [0.3, 0.4) is 0 Å². The quantitative estimate of drug-likeness (QED) is 0.813. The fourth-order valence-corrected chi connectivity index (χ4v) is 5.09. The van der Waals surface area contributed by atoms with Gasteiger partial charge in [0, 0.05) is 19.1 Å². The molecule has 0 aromatic heterocycles. The number of hydrogen-bond acceptors (Lipinski definition) is 3. The van der Waals surface area contributed by atoms with Gasteiger partial charge in [-0.05, 0) is 37.5 Å². The molecular formula is C13H24N2O4S. The fraction of sp³-hybridized carbons (Fsp3) is 0.923. The van der Waals surface area contributed by atoms with Crippen molar-refractivity contribution in [3.05, 3.63) is 0 Å². The van der Waals surface area contributed by atoms with E-state index in [-0.39, 0.29) is 6.04 Å². The minimum Gasteiger partial charge on any atom is -0.481 e. The normalized spacial score (nSPS) is 36.1. The summed E-state index contributed by atoms with van der Waals surface area (Å²) in [4.78, 5) is 10.9. The molecule has 6 nitrogen and oxygen atoms in total. The first-order valence-electron chi connectivity index (χ1n) is 7.28. The van der Waals surface area contributed by atoms with E-state index < -0.39 is 22.1 Å². The van der Waals surface area contributed by atoms with Gasteiger partial charge in [0.2, 0.25) is 0 Å². The second-order valence-electron chi connectivity index (χ2n) is 6.43. The predicted molar refractivity (Wildman–Crippen MR) is 75.3 cm³/mol. The Labute approximate surface area is 120 Å². The summed E-state index contributed by atoms with van der Waals surface area (Å²) in [5.41, 5.74) is 0. The monoisotopic (exact) mass is 304 g/mol. The third-order valence-corrected chi connectivity index (χ3v) is 5.88. The number of aliphatic carboxylic acids is 1. The molecule has 2 unspecified atom stereocenters. The highest BCUT2D eigenvalue weighted by molar-refractivity contribution is 7.87. The first-order valence-corrected chi connectivity index (χ1v) is 8.72. The number of carboxylic acid groups (broad SMARTS) is 1. The standard InChI is InChI=1S/C13H24N2O4S/c1-9-5-10(2)8-15(7-9)20(18,19)14-12-4-3-11(6-12)13(16)17/h9-12,14H,3-8H2,1-2H3,(H,16,17)/t9?,10?,11-,12+/m1/s1. The molecule has 1 saturated heterocycles. The zero-order chi connectivity index (χ0) is 14.9. The van der Waals surface area contributed by atoms with Crippen LogP contribution >= 0.6 is 0 Å². The zero-order valence-corrected chi connectivity index (χ0v) is 12.9. The minimum absolute atomic E-state index is 0.242. The summed E-state index contributed by atoms with van der Waals surface area (Å²) in [7, 11) is -3.49. The van der Waals surface area contributed by atoms with E-state index in [1.807, 2.05) is 0 Å². The molecule has 1 aliphatic carbocycles. The van der Waals surface area contributed by atoms with E-state index in [1.165, 1.54) is 4.31 Å². The van der Waals surface area contributed by atoms with Crippen molar-refractivity contribution in [2.75, 3.05) is 13.1 Å². The second-order valence-corrected chi connectivity index (χ2v) is 8.13. The van der Waals surface area contributed by atoms with Gasteiger partial charge in [0.05, 0.1) is 5.92 Å². The van der Waals surface area contributed by atoms with Gasteiger partial charge in [-0.3, -0.25) is 4.79 Å². The lowest BCUT2D eigenvalue weighted by atomic mass is 9.94. The van der Waals surface area contributed by atoms with Crippen LogP contribution in [0.2, 0.25) is 0 Å². The Morgan fingerprint density at radius 2 is 1.75 bits per heavy atom. The van der Waals surface area contributed by atoms with Crippen LogP contribution in [0.15, 0.2) is 0 Å². The highest BCUT2D eigenvalue weighted by atomic mass is 32.2. The minimum atomic E-state index is -3.49. The van der Waals surface area contributed by atoms with Crippen molar-refractivity contribution in [2.45, 2.75) is 45.6 Å². The maximum Gasteiger partial charge on any atom is 0.306 e. The molecule has 1 aliphatic heterocycles. The average Bonchev–Trinajstić information content (AvgIpc) is 2.75. The van der Waals surface area contributed by atoms with Gasteiger partial charge in [0.15, 0.2) is 0 Å². The Hall–Kier alpha value is -0.660. The molecule has 2 aliphatic rings. The molecule has 0 aromatic rings. The highest BCUT2D eigenvalue weighted by Gasteiger charge is 2.36. The van der Waals surface area contributed by atoms with E-state index >= 15 is 0 Å². The molecule has 116 valence electrons. The Morgan fingerprint density at radius 1 is 1.15 bits per heavy atom. The third kappa shape index (κ3) is 3.71. The van der Waals surface area contributed by atoms with Gasteiger partial charge in [-0.2, -0.15) is 17.4 Å². The van der Waals surface area contributed by atoms with Gasteiger partial charge in [0.25, 0.3) is 10.2 Å². The van der Waals surface area contributed by atoms with Gasteiger partial charge in [-0.15, -0.1) is 0 Å². The maximum atomic E-state index is 12.4. The number of nitrogens with zero attached hydrogens (tertiary/aromatic N) is 1. The lowest BCUT2D eigenvalue weighted by molar-refractivity contribution is -0.141. The Balaban J connectivity index is 1.96. The molecule has 4 atom stereocenters. The summed E-state index contributed by atoms with van der Waals surface area (Å²) in [6.07, 6.45) is 2.61. The van der Waals surface area contributed by atoms with Crippen LogP contribution in [-0.2, 0) is 15.0 Å². The molecule has 2 N–H and O–H groups in total. The van der Waals surface area contributed by atoms with E-state index in [0.29, 0.717) is 44.2 Å². The summed E-state index contributed by atoms with van der Waals surface area (Å²) in [6, 6.07) is -0.242. The van der Waals surface area contributed by atoms with E-state index in [9.17, 15) is 13.2 Å². The van der Waals surface area contributed by atoms with E-state index in [0.717, 1.165) is 6.42 Å². The summed E-state index contributed by atoms with van der Waals surface area (Å²) in [6.45, 7) is 5.23. The SMILES string of the molecule is CC1CC(C)CN(S(=O)(=O)N[C@H]2CC[C@@H](C(=O)O)C2)C1. The zero-order valence-electron chi connectivity index (χ0n) is 12.1. The first kappa shape index (κ1) is 15.7. The topological polar surface area (TPSA) is 86.7 Å². The predicted octanol–water partition coefficient (Wildman–Crippen LogP) is 1.05. The van der Waals surface area contributed by atoms with Crippen LogP contribution in [-0.4, -0.2) is 42.9 Å². The Morgan fingerprint density at radius 3 is 2.25 bits per heavy atom. The lowest BCUT2D eigenvalue weighted by Crippen LogP contribution is -2.50. The molecule has 1 saturated carbocycles. The summed E-state index contributed by atoms with van der Waals surface area (Å²) in [5.74, 6) is -0.509. The average molecular weight is 304 g/mol. The van der Waals surface area contributed by atoms with Gasteiger partial charge in [-0.1, -0.05) is 13.8 Å². The van der Waals surface area contributed by atoms with Gasteiger partial charge >= 0.3 is 5.97 Å². The van der Waals surface area contributed by atoms with Crippen LogP contribution in [0.25, 0.3) is 0 Å². The summed E-state index contributed by atoms with van der Waals surface area (Å²) in [5, 5.41) is 8.96. The number of nitrogens with one attached hydrogen (secondary N) is 1. The van der Waals surface area contributed by atoms with Crippen LogP contribution in [0.4, 0.5) is 0 Å². The maximum absolute atomic E-state index is 12.4. The van der Waals surface area contributed by atoms with Crippen molar-refractivity contribution in [2.24, 2.45) is 17.8 Å². The number of hydrogen-bond donors (Lipinski definition) is 2. The molecule has 0 aromatic carbocycles. The molecule has 7 heteroatoms. The van der Waals surface area contributed by atoms with Crippen molar-refractivity contribution in [3.8, 4) is 0 Å². The number of piperidine rings is 1. The molecule has 20 heavy (non-hydrogen) atoms. The van der Waals surface area contributed by atoms with Crippen molar-refractivity contribution in [3.63, 3.8) is 0 Å². The van der Waals surface area contributed by atoms with E-state index in [1.54, 1.807) is 0 Å². The molecule has 0 bridgehead atoms. The number of carbonyl (C=O) groups is 1. The molecule has 0 amide bonds. The fourth-order valence-electron chi connectivity index (χ4n) is 3.40. The van der Waals surface area contributed by atoms with E-state index in [4.69, 9.17) is 5.11 Å². The van der Waals surface area contributed by atoms with Crippen LogP contribution in [0.5, 0.6) is 0 Å². The number of carboxylic acids is 1. The van der Waals surface area contributed by atoms with Crippen molar-refractivity contribution < 1.29 is 18.3 Å². The lowest BCUT2D eigenvalue weighted by Gasteiger charge is -2.34. The first-order chi connectivity index (χ1) is 9.28. The van der Waals surface area contributed by atoms with Crippen LogP contribution < -0.4 is 4.72 Å². The molecule has 2 fully saturated rings. The molecule has 1 heterocycles. The summed E-state index contributed by atoms with van der Waals surface area (Å²) >= 11 is 0. The largest absolute Gasteiger partial charge is 0.481 e. The van der Waals surface area contributed by atoms with Crippen molar-refractivity contribution >= 4 is 16.2 Å². The van der Waals surface area contributed by atoms with E-state index in [2.05, 4.69) is 18.6 Å². The second kappa shape index (κ2) is 5.99. The smallest absolute Gasteiger partial charge is 0.306 e. The van der Waals surface area contributed by atoms with Gasteiger partial charge in [0.1, 0.15) is 0 Å². The molecule has 0 radical (unpaired) electrons.